The fourth-order valence-electron chi connectivity index (χ4n) is 2.56. The van der Waals surface area contributed by atoms with Crippen molar-refractivity contribution in [1.82, 2.24) is 0 Å². The van der Waals surface area contributed by atoms with E-state index in [0.29, 0.717) is 12.5 Å². The molecule has 2 rings (SSSR count). The van der Waals surface area contributed by atoms with E-state index >= 15 is 0 Å². The Labute approximate surface area is 127 Å². The number of nitrogens with one attached hydrogen (secondary N) is 1. The zero-order valence-electron chi connectivity index (χ0n) is 13.0. The van der Waals surface area contributed by atoms with Crippen molar-refractivity contribution < 1.29 is 9.53 Å². The number of nitrogens with two attached hydrogens (primary N) is 1. The first-order chi connectivity index (χ1) is 9.99. The van der Waals surface area contributed by atoms with Gasteiger partial charge in [0.2, 0.25) is 5.91 Å². The molecule has 21 heavy (non-hydrogen) atoms. The minimum Gasteiger partial charge on any atom is -0.494 e. The predicted octanol–water partition coefficient (Wildman–Crippen LogP) is 3.32. The van der Waals surface area contributed by atoms with Gasteiger partial charge in [-0.05, 0) is 37.3 Å². The third-order valence-electron chi connectivity index (χ3n) is 4.00. The Morgan fingerprint density at radius 1 is 1.38 bits per heavy atom. The minimum absolute atomic E-state index is 0.0840. The van der Waals surface area contributed by atoms with E-state index in [2.05, 4.69) is 19.2 Å². The molecule has 4 heteroatoms. The molecule has 116 valence electrons. The van der Waals surface area contributed by atoms with E-state index < -0.39 is 5.54 Å². The highest BCUT2D eigenvalue weighted by atomic mass is 16.5. The Morgan fingerprint density at radius 3 is 2.76 bits per heavy atom. The van der Waals surface area contributed by atoms with Crippen LogP contribution in [0.3, 0.4) is 0 Å². The molecule has 1 amide bonds. The SMILES string of the molecule is CC(C)CCOc1cccc(NC(=O)C2(N)CCCC2)c1. The first kappa shape index (κ1) is 15.8. The fourth-order valence-corrected chi connectivity index (χ4v) is 2.56. The van der Waals surface area contributed by atoms with Gasteiger partial charge in [-0.3, -0.25) is 4.79 Å². The van der Waals surface area contributed by atoms with Gasteiger partial charge in [0.15, 0.2) is 0 Å². The van der Waals surface area contributed by atoms with Gasteiger partial charge in [0.1, 0.15) is 5.75 Å². The third kappa shape index (κ3) is 4.46. The highest BCUT2D eigenvalue weighted by Crippen LogP contribution is 2.29. The molecule has 3 N–H and O–H groups in total. The number of anilines is 1. The molecule has 0 spiro atoms. The molecule has 1 aromatic carbocycles. The van der Waals surface area contributed by atoms with Crippen molar-refractivity contribution in [1.29, 1.82) is 0 Å². The molecule has 1 fully saturated rings. The lowest BCUT2D eigenvalue weighted by atomic mass is 9.98. The summed E-state index contributed by atoms with van der Waals surface area (Å²) in [6.45, 7) is 5.03. The fraction of sp³-hybridized carbons (Fsp3) is 0.588. The predicted molar refractivity (Wildman–Crippen MR) is 85.4 cm³/mol. The monoisotopic (exact) mass is 290 g/mol. The normalized spacial score (nSPS) is 17.0. The highest BCUT2D eigenvalue weighted by Gasteiger charge is 2.36. The summed E-state index contributed by atoms with van der Waals surface area (Å²) in [6, 6.07) is 7.52. The van der Waals surface area contributed by atoms with E-state index in [1.54, 1.807) is 0 Å². The molecule has 0 aliphatic heterocycles. The van der Waals surface area contributed by atoms with Crippen molar-refractivity contribution in [3.63, 3.8) is 0 Å². The zero-order chi connectivity index (χ0) is 15.3. The van der Waals surface area contributed by atoms with Crippen molar-refractivity contribution in [2.24, 2.45) is 11.7 Å². The topological polar surface area (TPSA) is 64.3 Å². The van der Waals surface area contributed by atoms with Crippen molar-refractivity contribution in [2.75, 3.05) is 11.9 Å². The van der Waals surface area contributed by atoms with Crippen LogP contribution in [-0.2, 0) is 4.79 Å². The number of rotatable bonds is 6. The molecule has 0 atom stereocenters. The summed E-state index contributed by atoms with van der Waals surface area (Å²) in [6.07, 6.45) is 4.61. The van der Waals surface area contributed by atoms with Crippen molar-refractivity contribution in [3.05, 3.63) is 24.3 Å². The zero-order valence-corrected chi connectivity index (χ0v) is 13.0. The van der Waals surface area contributed by atoms with Gasteiger partial charge >= 0.3 is 0 Å². The molecule has 0 saturated heterocycles. The second-order valence-corrected chi connectivity index (χ2v) is 6.38. The molecule has 0 unspecified atom stereocenters. The molecule has 1 aromatic rings. The molecular formula is C17H26N2O2. The van der Waals surface area contributed by atoms with Gasteiger partial charge in [-0.25, -0.2) is 0 Å². The molecule has 0 aromatic heterocycles. The van der Waals surface area contributed by atoms with E-state index in [-0.39, 0.29) is 5.91 Å². The van der Waals surface area contributed by atoms with Gasteiger partial charge < -0.3 is 15.8 Å². The summed E-state index contributed by atoms with van der Waals surface area (Å²) in [5, 5.41) is 2.92. The molecule has 1 aliphatic rings. The number of ether oxygens (including phenoxy) is 1. The van der Waals surface area contributed by atoms with Crippen molar-refractivity contribution in [3.8, 4) is 5.75 Å². The van der Waals surface area contributed by atoms with Crippen molar-refractivity contribution in [2.45, 2.75) is 51.5 Å². The summed E-state index contributed by atoms with van der Waals surface area (Å²) in [5.74, 6) is 1.32. The van der Waals surface area contributed by atoms with Gasteiger partial charge in [0.25, 0.3) is 0 Å². The second kappa shape index (κ2) is 6.94. The number of benzene rings is 1. The quantitative estimate of drug-likeness (QED) is 0.844. The van der Waals surface area contributed by atoms with E-state index in [1.165, 1.54) is 0 Å². The maximum absolute atomic E-state index is 12.3. The second-order valence-electron chi connectivity index (χ2n) is 6.38. The molecule has 4 nitrogen and oxygen atoms in total. The van der Waals surface area contributed by atoms with Crippen LogP contribution in [0.5, 0.6) is 5.75 Å². The smallest absolute Gasteiger partial charge is 0.244 e. The molecule has 0 bridgehead atoms. The third-order valence-corrected chi connectivity index (χ3v) is 4.00. The molecular weight excluding hydrogens is 264 g/mol. The number of amides is 1. The van der Waals surface area contributed by atoms with Crippen LogP contribution >= 0.6 is 0 Å². The Hall–Kier alpha value is -1.55. The number of carbonyl (C=O) groups is 1. The summed E-state index contributed by atoms with van der Waals surface area (Å²) >= 11 is 0. The molecule has 1 aliphatic carbocycles. The largest absolute Gasteiger partial charge is 0.494 e. The van der Waals surface area contributed by atoms with E-state index in [9.17, 15) is 4.79 Å². The van der Waals surface area contributed by atoms with Crippen LogP contribution in [0.2, 0.25) is 0 Å². The Balaban J connectivity index is 1.93. The minimum atomic E-state index is -0.700. The summed E-state index contributed by atoms with van der Waals surface area (Å²) in [4.78, 5) is 12.3. The van der Waals surface area contributed by atoms with E-state index in [1.807, 2.05) is 24.3 Å². The molecule has 0 radical (unpaired) electrons. The summed E-state index contributed by atoms with van der Waals surface area (Å²) < 4.78 is 5.71. The maximum Gasteiger partial charge on any atom is 0.244 e. The average Bonchev–Trinajstić information content (AvgIpc) is 2.87. The lowest BCUT2D eigenvalue weighted by Gasteiger charge is -2.22. The van der Waals surface area contributed by atoms with Gasteiger partial charge in [0, 0.05) is 11.8 Å². The van der Waals surface area contributed by atoms with Crippen LogP contribution in [0.25, 0.3) is 0 Å². The van der Waals surface area contributed by atoms with Crippen LogP contribution in [-0.4, -0.2) is 18.1 Å². The van der Waals surface area contributed by atoms with Crippen LogP contribution in [0.15, 0.2) is 24.3 Å². The van der Waals surface area contributed by atoms with Crippen LogP contribution in [0, 0.1) is 5.92 Å². The lowest BCUT2D eigenvalue weighted by molar-refractivity contribution is -0.121. The first-order valence-electron chi connectivity index (χ1n) is 7.83. The Bertz CT molecular complexity index is 479. The maximum atomic E-state index is 12.3. The Kier molecular flexibility index (Phi) is 5.23. The Morgan fingerprint density at radius 2 is 2.10 bits per heavy atom. The van der Waals surface area contributed by atoms with Gasteiger partial charge in [0.05, 0.1) is 12.1 Å². The summed E-state index contributed by atoms with van der Waals surface area (Å²) in [7, 11) is 0. The lowest BCUT2D eigenvalue weighted by Crippen LogP contribution is -2.48. The number of hydrogen-bond donors (Lipinski definition) is 2. The highest BCUT2D eigenvalue weighted by molar-refractivity contribution is 5.98. The van der Waals surface area contributed by atoms with Crippen molar-refractivity contribution >= 4 is 11.6 Å². The van der Waals surface area contributed by atoms with Gasteiger partial charge in [-0.2, -0.15) is 0 Å². The van der Waals surface area contributed by atoms with Gasteiger partial charge in [-0.1, -0.05) is 32.8 Å². The molecule has 1 saturated carbocycles. The summed E-state index contributed by atoms with van der Waals surface area (Å²) in [5.41, 5.74) is 6.21. The number of carbonyl (C=O) groups excluding carboxylic acids is 1. The average molecular weight is 290 g/mol. The van der Waals surface area contributed by atoms with Crippen LogP contribution in [0.4, 0.5) is 5.69 Å². The van der Waals surface area contributed by atoms with E-state index in [0.717, 1.165) is 43.5 Å². The standard InChI is InChI=1S/C17H26N2O2/c1-13(2)8-11-21-15-7-5-6-14(12-15)19-16(20)17(18)9-3-4-10-17/h5-7,12-13H,3-4,8-11,18H2,1-2H3,(H,19,20). The van der Waals surface area contributed by atoms with E-state index in [4.69, 9.17) is 10.5 Å². The van der Waals surface area contributed by atoms with Crippen LogP contribution < -0.4 is 15.8 Å². The van der Waals surface area contributed by atoms with Crippen LogP contribution in [0.1, 0.15) is 46.0 Å². The molecule has 0 heterocycles. The number of hydrogen-bond acceptors (Lipinski definition) is 3. The first-order valence-corrected chi connectivity index (χ1v) is 7.83. The van der Waals surface area contributed by atoms with Gasteiger partial charge in [-0.15, -0.1) is 0 Å².